The summed E-state index contributed by atoms with van der Waals surface area (Å²) in [6.45, 7) is 5.55. The van der Waals surface area contributed by atoms with E-state index in [2.05, 4.69) is 46.4 Å². The van der Waals surface area contributed by atoms with E-state index in [9.17, 15) is 0 Å². The summed E-state index contributed by atoms with van der Waals surface area (Å²) in [6.07, 6.45) is 0.969. The van der Waals surface area contributed by atoms with Crippen LogP contribution in [0.1, 0.15) is 24.6 Å². The summed E-state index contributed by atoms with van der Waals surface area (Å²) < 4.78 is 6.03. The van der Waals surface area contributed by atoms with Crippen LogP contribution in [-0.4, -0.2) is 41.7 Å². The fraction of sp³-hybridized carbons (Fsp3) is 0.400. The van der Waals surface area contributed by atoms with Crippen LogP contribution in [0.3, 0.4) is 0 Å². The molecule has 0 spiro atoms. The molecule has 1 aromatic heterocycles. The molecule has 1 aliphatic heterocycles. The molecule has 3 rings (SSSR count). The van der Waals surface area contributed by atoms with Crippen molar-refractivity contribution < 1.29 is 4.74 Å². The Kier molecular flexibility index (Phi) is 6.45. The molecule has 2 unspecified atom stereocenters. The van der Waals surface area contributed by atoms with Crippen molar-refractivity contribution in [1.82, 2.24) is 9.88 Å². The fourth-order valence-corrected chi connectivity index (χ4v) is 3.36. The van der Waals surface area contributed by atoms with Gasteiger partial charge in [-0.05, 0) is 24.1 Å². The lowest BCUT2D eigenvalue weighted by molar-refractivity contribution is -0.0403. The Morgan fingerprint density at radius 3 is 2.88 bits per heavy atom. The first-order valence-corrected chi connectivity index (χ1v) is 9.28. The molecule has 1 aromatic carbocycles. The molecule has 1 aliphatic rings. The van der Waals surface area contributed by atoms with E-state index in [1.807, 2.05) is 12.1 Å². The first-order chi connectivity index (χ1) is 12.7. The number of benzene rings is 1. The number of nitrogens with zero attached hydrogens (tertiary/aromatic N) is 3. The van der Waals surface area contributed by atoms with Crippen molar-refractivity contribution in [3.8, 4) is 6.07 Å². The second-order valence-corrected chi connectivity index (χ2v) is 6.83. The van der Waals surface area contributed by atoms with E-state index in [0.29, 0.717) is 17.4 Å². The summed E-state index contributed by atoms with van der Waals surface area (Å²) in [7, 11) is 0. The molecular weight excluding hydrogens is 348 g/mol. The van der Waals surface area contributed by atoms with Crippen molar-refractivity contribution in [1.29, 1.82) is 5.26 Å². The van der Waals surface area contributed by atoms with Crippen LogP contribution in [0.15, 0.2) is 42.5 Å². The van der Waals surface area contributed by atoms with Crippen molar-refractivity contribution in [2.75, 3.05) is 25.0 Å². The van der Waals surface area contributed by atoms with Gasteiger partial charge in [0.1, 0.15) is 11.9 Å². The highest BCUT2D eigenvalue weighted by Crippen LogP contribution is 2.20. The number of hydrogen-bond acceptors (Lipinski definition) is 5. The van der Waals surface area contributed by atoms with Crippen LogP contribution in [0.4, 0.5) is 5.82 Å². The van der Waals surface area contributed by atoms with Gasteiger partial charge in [-0.1, -0.05) is 48.9 Å². The van der Waals surface area contributed by atoms with Gasteiger partial charge in [0, 0.05) is 19.6 Å². The third kappa shape index (κ3) is 4.73. The molecule has 5 nitrogen and oxygen atoms in total. The second kappa shape index (κ2) is 9.00. The third-order valence-electron chi connectivity index (χ3n) is 4.60. The van der Waals surface area contributed by atoms with E-state index >= 15 is 0 Å². The lowest BCUT2D eigenvalue weighted by Crippen LogP contribution is -2.49. The number of pyridine rings is 1. The maximum Gasteiger partial charge on any atom is 0.161 e. The second-order valence-electron chi connectivity index (χ2n) is 6.43. The average Bonchev–Trinajstić information content (AvgIpc) is 2.68. The highest BCUT2D eigenvalue weighted by Gasteiger charge is 2.27. The average molecular weight is 371 g/mol. The Balaban J connectivity index is 1.65. The summed E-state index contributed by atoms with van der Waals surface area (Å²) in [4.78, 5) is 6.71. The third-order valence-corrected chi connectivity index (χ3v) is 4.91. The summed E-state index contributed by atoms with van der Waals surface area (Å²) >= 11 is 5.97. The van der Waals surface area contributed by atoms with E-state index in [0.717, 1.165) is 26.1 Å². The molecule has 0 saturated carbocycles. The van der Waals surface area contributed by atoms with E-state index in [4.69, 9.17) is 21.6 Å². The number of halogens is 1. The number of ether oxygens (including phenoxy) is 1. The minimum atomic E-state index is 0.0699. The first-order valence-electron chi connectivity index (χ1n) is 8.90. The van der Waals surface area contributed by atoms with Crippen molar-refractivity contribution in [3.05, 3.63) is 58.7 Å². The van der Waals surface area contributed by atoms with E-state index in [-0.39, 0.29) is 17.8 Å². The fourth-order valence-electron chi connectivity index (χ4n) is 3.21. The molecule has 6 heteroatoms. The van der Waals surface area contributed by atoms with Gasteiger partial charge in [0.2, 0.25) is 0 Å². The molecular formula is C20H23ClN4O. The quantitative estimate of drug-likeness (QED) is 0.840. The van der Waals surface area contributed by atoms with Gasteiger partial charge >= 0.3 is 0 Å². The maximum absolute atomic E-state index is 9.10. The predicted molar refractivity (Wildman–Crippen MR) is 103 cm³/mol. The lowest BCUT2D eigenvalue weighted by Gasteiger charge is -2.37. The van der Waals surface area contributed by atoms with Crippen LogP contribution in [0, 0.1) is 11.3 Å². The van der Waals surface area contributed by atoms with Crippen molar-refractivity contribution in [3.63, 3.8) is 0 Å². The number of rotatable bonds is 6. The smallest absolute Gasteiger partial charge is 0.161 e. The topological polar surface area (TPSA) is 61.2 Å². The number of hydrogen-bond donors (Lipinski definition) is 1. The monoisotopic (exact) mass is 370 g/mol. The molecule has 0 radical (unpaired) electrons. The Labute approximate surface area is 159 Å². The largest absolute Gasteiger partial charge is 0.373 e. The van der Waals surface area contributed by atoms with Crippen molar-refractivity contribution in [2.45, 2.75) is 32.0 Å². The van der Waals surface area contributed by atoms with Gasteiger partial charge in [-0.15, -0.1) is 0 Å². The molecule has 0 amide bonds. The first kappa shape index (κ1) is 18.7. The maximum atomic E-state index is 9.10. The Hall–Kier alpha value is -2.13. The van der Waals surface area contributed by atoms with E-state index in [1.54, 1.807) is 12.1 Å². The zero-order chi connectivity index (χ0) is 18.4. The Morgan fingerprint density at radius 2 is 2.15 bits per heavy atom. The highest BCUT2D eigenvalue weighted by molar-refractivity contribution is 6.31. The molecule has 1 saturated heterocycles. The predicted octanol–water partition coefficient (Wildman–Crippen LogP) is 3.70. The Morgan fingerprint density at radius 1 is 1.35 bits per heavy atom. The van der Waals surface area contributed by atoms with Gasteiger partial charge < -0.3 is 10.1 Å². The van der Waals surface area contributed by atoms with Gasteiger partial charge in [0.05, 0.1) is 23.8 Å². The summed E-state index contributed by atoms with van der Waals surface area (Å²) in [5.74, 6) is 0.654. The van der Waals surface area contributed by atoms with Gasteiger partial charge in [-0.25, -0.2) is 4.98 Å². The molecule has 2 atom stereocenters. The van der Waals surface area contributed by atoms with Crippen LogP contribution < -0.4 is 5.32 Å². The van der Waals surface area contributed by atoms with Crippen LogP contribution in [0.5, 0.6) is 0 Å². The van der Waals surface area contributed by atoms with Crippen LogP contribution in [0.2, 0.25) is 5.02 Å². The molecule has 1 N–H and O–H groups in total. The highest BCUT2D eigenvalue weighted by atomic mass is 35.5. The van der Waals surface area contributed by atoms with Gasteiger partial charge in [0.15, 0.2) is 5.69 Å². The van der Waals surface area contributed by atoms with Crippen molar-refractivity contribution >= 4 is 17.4 Å². The van der Waals surface area contributed by atoms with Gasteiger partial charge in [0.25, 0.3) is 0 Å². The van der Waals surface area contributed by atoms with Crippen LogP contribution >= 0.6 is 11.6 Å². The molecule has 1 fully saturated rings. The number of morpholine rings is 1. The number of aromatic nitrogens is 1. The zero-order valence-corrected chi connectivity index (χ0v) is 15.6. The summed E-state index contributed by atoms with van der Waals surface area (Å²) in [5, 5.41) is 12.9. The van der Waals surface area contributed by atoms with Gasteiger partial charge in [-0.2, -0.15) is 5.26 Å². The zero-order valence-electron chi connectivity index (χ0n) is 14.9. The van der Waals surface area contributed by atoms with E-state index < -0.39 is 0 Å². The SMILES string of the molecule is CCC(Nc1ccc(Cl)c(C#N)n1)C1CN(Cc2ccccc2)CCO1. The Bertz CT molecular complexity index is 762. The standard InChI is InChI=1S/C20H23ClN4O/c1-2-17(23-20-9-8-16(21)18(12-22)24-20)19-14-25(10-11-26-19)13-15-6-4-3-5-7-15/h3-9,17,19H,2,10-11,13-14H2,1H3,(H,23,24). The minimum absolute atomic E-state index is 0.0699. The van der Waals surface area contributed by atoms with Crippen LogP contribution in [-0.2, 0) is 11.3 Å². The van der Waals surface area contributed by atoms with Crippen molar-refractivity contribution in [2.24, 2.45) is 0 Å². The summed E-state index contributed by atoms with van der Waals surface area (Å²) in [5.41, 5.74) is 1.55. The normalized spacial score (nSPS) is 18.9. The number of nitrogens with one attached hydrogen (secondary N) is 1. The molecule has 0 aliphatic carbocycles. The number of nitriles is 1. The van der Waals surface area contributed by atoms with Gasteiger partial charge in [-0.3, -0.25) is 4.90 Å². The summed E-state index contributed by atoms with van der Waals surface area (Å²) in [6, 6.07) is 16.1. The molecule has 2 aromatic rings. The number of anilines is 1. The molecule has 26 heavy (non-hydrogen) atoms. The molecule has 136 valence electrons. The lowest BCUT2D eigenvalue weighted by atomic mass is 10.1. The van der Waals surface area contributed by atoms with Crippen LogP contribution in [0.25, 0.3) is 0 Å². The molecule has 0 bridgehead atoms. The minimum Gasteiger partial charge on any atom is -0.373 e. The van der Waals surface area contributed by atoms with E-state index in [1.165, 1.54) is 5.56 Å². The molecule has 2 heterocycles.